The van der Waals surface area contributed by atoms with Gasteiger partial charge in [-0.1, -0.05) is 17.5 Å². The van der Waals surface area contributed by atoms with Gasteiger partial charge >= 0.3 is 5.97 Å². The molecule has 0 spiro atoms. The van der Waals surface area contributed by atoms with Crippen LogP contribution < -0.4 is 0 Å². The molecule has 0 aliphatic rings. The van der Waals surface area contributed by atoms with Crippen molar-refractivity contribution < 1.29 is 19.6 Å². The second-order valence-corrected chi connectivity index (χ2v) is 4.15. The van der Waals surface area contributed by atoms with Crippen LogP contribution >= 0.6 is 11.6 Å². The Morgan fingerprint density at radius 1 is 1.45 bits per heavy atom. The molecule has 1 amide bonds. The minimum Gasteiger partial charge on any atom is -0.480 e. The monoisotopic (exact) mass is 296 g/mol. The first-order chi connectivity index (χ1) is 9.35. The summed E-state index contributed by atoms with van der Waals surface area (Å²) in [4.78, 5) is 33.6. The van der Waals surface area contributed by atoms with E-state index in [1.807, 2.05) is 0 Å². The van der Waals surface area contributed by atoms with Gasteiger partial charge in [0, 0.05) is 22.7 Å². The van der Waals surface area contributed by atoms with Crippen molar-refractivity contribution in [2.45, 2.75) is 0 Å². The highest BCUT2D eigenvalue weighted by Crippen LogP contribution is 2.21. The number of rotatable bonds is 5. The second kappa shape index (κ2) is 6.54. The fourth-order valence-corrected chi connectivity index (χ4v) is 1.69. The van der Waals surface area contributed by atoms with Crippen molar-refractivity contribution in [3.63, 3.8) is 0 Å². The van der Waals surface area contributed by atoms with Crippen molar-refractivity contribution >= 4 is 29.2 Å². The number of nitro groups is 1. The van der Waals surface area contributed by atoms with Crippen molar-refractivity contribution in [2.24, 2.45) is 0 Å². The summed E-state index contributed by atoms with van der Waals surface area (Å²) in [6.07, 6.45) is 5.06. The van der Waals surface area contributed by atoms with Crippen molar-refractivity contribution in [1.29, 1.82) is 0 Å². The number of nitro benzene ring substituents is 1. The molecule has 0 aliphatic carbocycles. The van der Waals surface area contributed by atoms with E-state index in [0.29, 0.717) is 0 Å². The second-order valence-electron chi connectivity index (χ2n) is 3.71. The summed E-state index contributed by atoms with van der Waals surface area (Å²) in [6, 6.07) is 3.31. The third kappa shape index (κ3) is 3.96. The van der Waals surface area contributed by atoms with Gasteiger partial charge in [0.1, 0.15) is 6.54 Å². The zero-order valence-corrected chi connectivity index (χ0v) is 10.8. The summed E-state index contributed by atoms with van der Waals surface area (Å²) in [5.41, 5.74) is -0.461. The minimum absolute atomic E-state index is 0.00136. The number of carboxylic acid groups (broad SMARTS) is 1. The molecule has 0 aliphatic heterocycles. The Hall–Kier alpha value is -2.59. The van der Waals surface area contributed by atoms with Crippen molar-refractivity contribution in [1.82, 2.24) is 4.90 Å². The van der Waals surface area contributed by atoms with Crippen molar-refractivity contribution in [3.8, 4) is 12.3 Å². The molecule has 7 nitrogen and oxygen atoms in total. The number of carboxylic acids is 1. The Labute approximate surface area is 118 Å². The number of non-ortho nitro benzene ring substituents is 1. The lowest BCUT2D eigenvalue weighted by atomic mass is 10.1. The number of hydrogen-bond acceptors (Lipinski definition) is 4. The number of carbonyl (C=O) groups is 2. The zero-order valence-electron chi connectivity index (χ0n) is 10.1. The first kappa shape index (κ1) is 15.5. The summed E-state index contributed by atoms with van der Waals surface area (Å²) in [7, 11) is 0. The third-order valence-corrected chi connectivity index (χ3v) is 2.45. The van der Waals surface area contributed by atoms with Crippen molar-refractivity contribution in [3.05, 3.63) is 38.9 Å². The van der Waals surface area contributed by atoms with Gasteiger partial charge in [-0.05, 0) is 6.07 Å². The molecule has 8 heteroatoms. The van der Waals surface area contributed by atoms with E-state index in [2.05, 4.69) is 5.92 Å². The Kier molecular flexibility index (Phi) is 5.06. The number of aliphatic carboxylic acids is 1. The Bertz CT molecular complexity index is 608. The van der Waals surface area contributed by atoms with E-state index in [4.69, 9.17) is 23.1 Å². The van der Waals surface area contributed by atoms with Crippen LogP contribution in [0.1, 0.15) is 10.4 Å². The number of terminal acetylenes is 1. The SMILES string of the molecule is C#CCN(CC(=O)O)C(=O)c1cc(Cl)cc([N+](=O)[O-])c1. The molecule has 1 aromatic rings. The summed E-state index contributed by atoms with van der Waals surface area (Å²) >= 11 is 5.69. The van der Waals surface area contributed by atoms with Crippen molar-refractivity contribution in [2.75, 3.05) is 13.1 Å². The highest BCUT2D eigenvalue weighted by atomic mass is 35.5. The van der Waals surface area contributed by atoms with Crippen LogP contribution in [0.4, 0.5) is 5.69 Å². The average Bonchev–Trinajstić information content (AvgIpc) is 2.36. The predicted molar refractivity (Wildman–Crippen MR) is 70.5 cm³/mol. The molecule has 0 unspecified atom stereocenters. The normalized spacial score (nSPS) is 9.60. The molecule has 0 fully saturated rings. The number of amides is 1. The Balaban J connectivity index is 3.14. The maximum Gasteiger partial charge on any atom is 0.323 e. The standard InChI is InChI=1S/C12H9ClN2O5/c1-2-3-14(7-11(16)17)12(18)8-4-9(13)6-10(5-8)15(19)20/h1,4-6H,3,7H2,(H,16,17). The van der Waals surface area contributed by atoms with Crippen LogP contribution in [0.2, 0.25) is 5.02 Å². The van der Waals surface area contributed by atoms with Crippen LogP contribution in [0.15, 0.2) is 18.2 Å². The molecule has 0 saturated carbocycles. The molecule has 1 aromatic carbocycles. The Morgan fingerprint density at radius 3 is 2.60 bits per heavy atom. The molecule has 104 valence electrons. The maximum absolute atomic E-state index is 12.1. The fourth-order valence-electron chi connectivity index (χ4n) is 1.46. The largest absolute Gasteiger partial charge is 0.480 e. The number of benzene rings is 1. The highest BCUT2D eigenvalue weighted by Gasteiger charge is 2.20. The van der Waals surface area contributed by atoms with Crippen LogP contribution in [0.3, 0.4) is 0 Å². The molecule has 0 saturated heterocycles. The van der Waals surface area contributed by atoms with Gasteiger partial charge in [0.25, 0.3) is 11.6 Å². The van der Waals surface area contributed by atoms with E-state index < -0.39 is 23.3 Å². The van der Waals surface area contributed by atoms with E-state index in [0.717, 1.165) is 17.0 Å². The number of carbonyl (C=O) groups excluding carboxylic acids is 1. The molecule has 0 bridgehead atoms. The van der Waals surface area contributed by atoms with Crippen LogP contribution in [0, 0.1) is 22.5 Å². The number of hydrogen-bond donors (Lipinski definition) is 1. The lowest BCUT2D eigenvalue weighted by Gasteiger charge is -2.17. The first-order valence-electron chi connectivity index (χ1n) is 5.24. The first-order valence-corrected chi connectivity index (χ1v) is 5.62. The maximum atomic E-state index is 12.1. The topological polar surface area (TPSA) is 101 Å². The lowest BCUT2D eigenvalue weighted by molar-refractivity contribution is -0.384. The predicted octanol–water partition coefficient (Wildman–Crippen LogP) is 1.41. The third-order valence-electron chi connectivity index (χ3n) is 2.24. The smallest absolute Gasteiger partial charge is 0.323 e. The molecular weight excluding hydrogens is 288 g/mol. The highest BCUT2D eigenvalue weighted by molar-refractivity contribution is 6.31. The van der Waals surface area contributed by atoms with Gasteiger partial charge in [-0.15, -0.1) is 6.42 Å². The average molecular weight is 297 g/mol. The van der Waals surface area contributed by atoms with Gasteiger partial charge in [-0.3, -0.25) is 19.7 Å². The number of nitrogens with zero attached hydrogens (tertiary/aromatic N) is 2. The van der Waals surface area contributed by atoms with Gasteiger partial charge in [0.05, 0.1) is 11.5 Å². The van der Waals surface area contributed by atoms with E-state index in [9.17, 15) is 19.7 Å². The molecule has 0 radical (unpaired) electrons. The van der Waals surface area contributed by atoms with Crippen LogP contribution in [0.25, 0.3) is 0 Å². The number of halogens is 1. The van der Waals surface area contributed by atoms with Gasteiger partial charge < -0.3 is 10.0 Å². The van der Waals surface area contributed by atoms with Gasteiger partial charge in [0.2, 0.25) is 0 Å². The van der Waals surface area contributed by atoms with E-state index in [1.54, 1.807) is 0 Å². The molecule has 0 atom stereocenters. The summed E-state index contributed by atoms with van der Waals surface area (Å²) in [5.74, 6) is 0.166. The molecule has 1 N–H and O–H groups in total. The Morgan fingerprint density at radius 2 is 2.10 bits per heavy atom. The van der Waals surface area contributed by atoms with Crippen LogP contribution in [-0.2, 0) is 4.79 Å². The zero-order chi connectivity index (χ0) is 15.3. The molecular formula is C12H9ClN2O5. The quantitative estimate of drug-likeness (QED) is 0.503. The molecule has 0 heterocycles. The van der Waals surface area contributed by atoms with Crippen LogP contribution in [-0.4, -0.2) is 39.9 Å². The van der Waals surface area contributed by atoms with Gasteiger partial charge in [0.15, 0.2) is 0 Å². The molecule has 1 rings (SSSR count). The fraction of sp³-hybridized carbons (Fsp3) is 0.167. The summed E-state index contributed by atoms with van der Waals surface area (Å²) < 4.78 is 0. The van der Waals surface area contributed by atoms with E-state index in [-0.39, 0.29) is 22.8 Å². The minimum atomic E-state index is -1.25. The van der Waals surface area contributed by atoms with Crippen LogP contribution in [0.5, 0.6) is 0 Å². The van der Waals surface area contributed by atoms with E-state index >= 15 is 0 Å². The molecule has 20 heavy (non-hydrogen) atoms. The lowest BCUT2D eigenvalue weighted by Crippen LogP contribution is -2.36. The van der Waals surface area contributed by atoms with E-state index in [1.165, 1.54) is 6.07 Å². The summed E-state index contributed by atoms with van der Waals surface area (Å²) in [6.45, 7) is -0.839. The molecule has 0 aromatic heterocycles. The van der Waals surface area contributed by atoms with Gasteiger partial charge in [-0.25, -0.2) is 0 Å². The summed E-state index contributed by atoms with van der Waals surface area (Å²) in [5, 5.41) is 19.4. The van der Waals surface area contributed by atoms with Gasteiger partial charge in [-0.2, -0.15) is 0 Å².